The third-order valence-electron chi connectivity index (χ3n) is 1.91. The highest BCUT2D eigenvalue weighted by atomic mass is 15.2. The SMILES string of the molecule is CNCC=Cc1cnc2cccnn12. The lowest BCUT2D eigenvalue weighted by atomic mass is 10.4. The molecule has 0 aliphatic rings. The third-order valence-corrected chi connectivity index (χ3v) is 1.91. The monoisotopic (exact) mass is 188 g/mol. The highest BCUT2D eigenvalue weighted by molar-refractivity contribution is 5.50. The predicted molar refractivity (Wildman–Crippen MR) is 55.9 cm³/mol. The molecule has 2 aromatic heterocycles. The minimum atomic E-state index is 0.847. The molecule has 0 aromatic carbocycles. The highest BCUT2D eigenvalue weighted by Gasteiger charge is 1.98. The average molecular weight is 188 g/mol. The molecule has 4 heteroatoms. The third kappa shape index (κ3) is 1.65. The molecule has 1 N–H and O–H groups in total. The van der Waals surface area contributed by atoms with Crippen molar-refractivity contribution in [2.45, 2.75) is 0 Å². The van der Waals surface area contributed by atoms with Gasteiger partial charge in [-0.3, -0.25) is 0 Å². The van der Waals surface area contributed by atoms with Gasteiger partial charge in [0.2, 0.25) is 0 Å². The molecule has 2 heterocycles. The van der Waals surface area contributed by atoms with Crippen LogP contribution in [0.5, 0.6) is 0 Å². The van der Waals surface area contributed by atoms with E-state index in [0.717, 1.165) is 17.9 Å². The van der Waals surface area contributed by atoms with Gasteiger partial charge in [-0.1, -0.05) is 6.08 Å². The molecular formula is C10H12N4. The lowest BCUT2D eigenvalue weighted by molar-refractivity contribution is 0.913. The number of likely N-dealkylation sites (N-methyl/N-ethyl adjacent to an activating group) is 1. The van der Waals surface area contributed by atoms with Gasteiger partial charge >= 0.3 is 0 Å². The van der Waals surface area contributed by atoms with Crippen LogP contribution in [0.2, 0.25) is 0 Å². The summed E-state index contributed by atoms with van der Waals surface area (Å²) in [7, 11) is 1.91. The van der Waals surface area contributed by atoms with Gasteiger partial charge < -0.3 is 5.32 Å². The normalized spacial score (nSPS) is 11.5. The van der Waals surface area contributed by atoms with Crippen molar-refractivity contribution in [2.75, 3.05) is 13.6 Å². The van der Waals surface area contributed by atoms with Crippen LogP contribution in [-0.4, -0.2) is 28.2 Å². The van der Waals surface area contributed by atoms with Crippen LogP contribution in [-0.2, 0) is 0 Å². The number of hydrogen-bond donors (Lipinski definition) is 1. The number of aromatic nitrogens is 3. The van der Waals surface area contributed by atoms with E-state index < -0.39 is 0 Å². The van der Waals surface area contributed by atoms with E-state index >= 15 is 0 Å². The van der Waals surface area contributed by atoms with Gasteiger partial charge in [0.15, 0.2) is 5.65 Å². The van der Waals surface area contributed by atoms with Crippen molar-refractivity contribution in [1.29, 1.82) is 0 Å². The van der Waals surface area contributed by atoms with E-state index in [0.29, 0.717) is 0 Å². The molecule has 4 nitrogen and oxygen atoms in total. The standard InChI is InChI=1S/C10H12N4/c1-11-6-2-4-9-8-12-10-5-3-7-13-14(9)10/h2-5,7-8,11H,6H2,1H3. The maximum Gasteiger partial charge on any atom is 0.154 e. The van der Waals surface area contributed by atoms with E-state index in [1.807, 2.05) is 42.0 Å². The summed E-state index contributed by atoms with van der Waals surface area (Å²) in [5, 5.41) is 7.24. The van der Waals surface area contributed by atoms with Crippen molar-refractivity contribution in [1.82, 2.24) is 19.9 Å². The molecular weight excluding hydrogens is 176 g/mol. The van der Waals surface area contributed by atoms with Gasteiger partial charge in [-0.25, -0.2) is 9.50 Å². The van der Waals surface area contributed by atoms with E-state index in [1.165, 1.54) is 0 Å². The maximum absolute atomic E-state index is 4.23. The first-order valence-corrected chi connectivity index (χ1v) is 4.52. The molecule has 0 amide bonds. The molecule has 0 atom stereocenters. The average Bonchev–Trinajstić information content (AvgIpc) is 2.63. The van der Waals surface area contributed by atoms with Gasteiger partial charge in [-0.15, -0.1) is 0 Å². The van der Waals surface area contributed by atoms with Crippen LogP contribution < -0.4 is 5.32 Å². The number of rotatable bonds is 3. The zero-order valence-electron chi connectivity index (χ0n) is 8.01. The van der Waals surface area contributed by atoms with Crippen molar-refractivity contribution < 1.29 is 0 Å². The number of nitrogens with zero attached hydrogens (tertiary/aromatic N) is 3. The lowest BCUT2D eigenvalue weighted by Crippen LogP contribution is -2.03. The van der Waals surface area contributed by atoms with Crippen molar-refractivity contribution in [3.63, 3.8) is 0 Å². The molecule has 2 aromatic rings. The Morgan fingerprint density at radius 1 is 1.57 bits per heavy atom. The summed E-state index contributed by atoms with van der Waals surface area (Å²) >= 11 is 0. The Bertz CT molecular complexity index is 444. The van der Waals surface area contributed by atoms with E-state index in [9.17, 15) is 0 Å². The smallest absolute Gasteiger partial charge is 0.154 e. The Hall–Kier alpha value is -1.68. The zero-order chi connectivity index (χ0) is 9.80. The van der Waals surface area contributed by atoms with Gasteiger partial charge in [-0.2, -0.15) is 5.10 Å². The second kappa shape index (κ2) is 4.02. The molecule has 0 aliphatic heterocycles. The van der Waals surface area contributed by atoms with Gasteiger partial charge in [0.25, 0.3) is 0 Å². The van der Waals surface area contributed by atoms with Gasteiger partial charge in [0.1, 0.15) is 0 Å². The quantitative estimate of drug-likeness (QED) is 0.780. The summed E-state index contributed by atoms with van der Waals surface area (Å²) in [4.78, 5) is 4.23. The fraction of sp³-hybridized carbons (Fsp3) is 0.200. The summed E-state index contributed by atoms with van der Waals surface area (Å²) in [6, 6.07) is 3.81. The summed E-state index contributed by atoms with van der Waals surface area (Å²) in [5.41, 5.74) is 1.87. The molecule has 0 radical (unpaired) electrons. The molecule has 0 saturated heterocycles. The van der Waals surface area contributed by atoms with Crippen LogP contribution in [0.3, 0.4) is 0 Å². The molecule has 0 aliphatic carbocycles. The second-order valence-corrected chi connectivity index (χ2v) is 2.94. The molecule has 0 saturated carbocycles. The zero-order valence-corrected chi connectivity index (χ0v) is 8.01. The number of nitrogens with one attached hydrogen (secondary N) is 1. The summed E-state index contributed by atoms with van der Waals surface area (Å²) < 4.78 is 1.81. The van der Waals surface area contributed by atoms with Crippen LogP contribution in [0, 0.1) is 0 Å². The van der Waals surface area contributed by atoms with Gasteiger partial charge in [0.05, 0.1) is 11.9 Å². The topological polar surface area (TPSA) is 42.2 Å². The predicted octanol–water partition coefficient (Wildman–Crippen LogP) is 0.962. The van der Waals surface area contributed by atoms with Crippen molar-refractivity contribution in [2.24, 2.45) is 0 Å². The van der Waals surface area contributed by atoms with Crippen LogP contribution >= 0.6 is 0 Å². The number of fused-ring (bicyclic) bond motifs is 1. The molecule has 72 valence electrons. The van der Waals surface area contributed by atoms with Crippen molar-refractivity contribution >= 4 is 11.7 Å². The Balaban J connectivity index is 2.34. The highest BCUT2D eigenvalue weighted by Crippen LogP contribution is 2.04. The van der Waals surface area contributed by atoms with Crippen LogP contribution in [0.1, 0.15) is 5.69 Å². The first-order chi connectivity index (χ1) is 6.92. The Morgan fingerprint density at radius 2 is 2.50 bits per heavy atom. The first-order valence-electron chi connectivity index (χ1n) is 4.52. The summed E-state index contributed by atoms with van der Waals surface area (Å²) in [5.74, 6) is 0. The molecule has 14 heavy (non-hydrogen) atoms. The molecule has 0 bridgehead atoms. The number of imidazole rings is 1. The fourth-order valence-electron chi connectivity index (χ4n) is 1.26. The number of hydrogen-bond acceptors (Lipinski definition) is 3. The Labute approximate surface area is 82.3 Å². The Kier molecular flexibility index (Phi) is 2.55. The van der Waals surface area contributed by atoms with Crippen molar-refractivity contribution in [3.05, 3.63) is 36.3 Å². The van der Waals surface area contributed by atoms with Gasteiger partial charge in [0, 0.05) is 12.7 Å². The fourth-order valence-corrected chi connectivity index (χ4v) is 1.26. The summed E-state index contributed by atoms with van der Waals surface area (Å²) in [6.07, 6.45) is 7.61. The van der Waals surface area contributed by atoms with E-state index in [1.54, 1.807) is 6.20 Å². The molecule has 2 rings (SSSR count). The van der Waals surface area contributed by atoms with Crippen LogP contribution in [0.15, 0.2) is 30.6 Å². The minimum Gasteiger partial charge on any atom is -0.316 e. The van der Waals surface area contributed by atoms with E-state index in [2.05, 4.69) is 15.4 Å². The van der Waals surface area contributed by atoms with Crippen molar-refractivity contribution in [3.8, 4) is 0 Å². The second-order valence-electron chi connectivity index (χ2n) is 2.94. The summed E-state index contributed by atoms with van der Waals surface area (Å²) in [6.45, 7) is 0.847. The van der Waals surface area contributed by atoms with Crippen LogP contribution in [0.25, 0.3) is 11.7 Å². The molecule has 0 spiro atoms. The Morgan fingerprint density at radius 3 is 3.36 bits per heavy atom. The largest absolute Gasteiger partial charge is 0.316 e. The minimum absolute atomic E-state index is 0.847. The lowest BCUT2D eigenvalue weighted by Gasteiger charge is -1.93. The molecule has 0 unspecified atom stereocenters. The van der Waals surface area contributed by atoms with Crippen LogP contribution in [0.4, 0.5) is 0 Å². The van der Waals surface area contributed by atoms with Gasteiger partial charge in [-0.05, 0) is 25.3 Å². The first kappa shape index (κ1) is 8.90. The maximum atomic E-state index is 4.23. The van der Waals surface area contributed by atoms with E-state index in [-0.39, 0.29) is 0 Å². The van der Waals surface area contributed by atoms with E-state index in [4.69, 9.17) is 0 Å². The molecule has 0 fully saturated rings.